The molecule has 2 unspecified atom stereocenters. The Morgan fingerprint density at radius 2 is 1.92 bits per heavy atom. The largest absolute Gasteiger partial charge is 0.495 e. The summed E-state index contributed by atoms with van der Waals surface area (Å²) in [4.78, 5) is 16.6. The molecule has 0 aliphatic carbocycles. The zero-order valence-corrected chi connectivity index (χ0v) is 22.1. The van der Waals surface area contributed by atoms with Gasteiger partial charge in [0.1, 0.15) is 17.3 Å². The summed E-state index contributed by atoms with van der Waals surface area (Å²) in [6.07, 6.45) is 4.93. The standard InChI is InChI=1S/C25H29Cl2N6O3/c1-33-7-4-5-16(33)12-28-24-23-14(11-29-25(32-23)30-15-6-8-36-13-15)9-17(31-24)20-21(26)18(34-2)10-19(35-3)22(20)27/h9-11,15-16H,4-8,12-13H2,1-3H3,(H-,28,29,30,31,32)/q-1. The number of hydrogen-bond donors (Lipinski definition) is 1. The van der Waals surface area contributed by atoms with Crippen molar-refractivity contribution in [2.45, 2.75) is 31.3 Å². The Hall–Kier alpha value is -2.59. The molecule has 9 nitrogen and oxygen atoms in total. The van der Waals surface area contributed by atoms with E-state index >= 15 is 0 Å². The van der Waals surface area contributed by atoms with E-state index in [2.05, 4.69) is 27.6 Å². The zero-order chi connectivity index (χ0) is 25.2. The lowest BCUT2D eigenvalue weighted by Gasteiger charge is -2.23. The normalized spacial score (nSPS) is 20.1. The first-order valence-electron chi connectivity index (χ1n) is 12.0. The maximum absolute atomic E-state index is 6.71. The van der Waals surface area contributed by atoms with E-state index in [0.717, 1.165) is 31.3 Å². The topological polar surface area (TPSA) is 95.7 Å². The highest BCUT2D eigenvalue weighted by Crippen LogP contribution is 2.46. The number of methoxy groups -OCH3 is 2. The summed E-state index contributed by atoms with van der Waals surface area (Å²) in [6, 6.07) is 4.02. The molecule has 2 saturated heterocycles. The van der Waals surface area contributed by atoms with E-state index in [0.29, 0.717) is 69.3 Å². The predicted octanol–water partition coefficient (Wildman–Crippen LogP) is 5.32. The van der Waals surface area contributed by atoms with Gasteiger partial charge < -0.3 is 39.7 Å². The molecule has 2 fully saturated rings. The first-order chi connectivity index (χ1) is 17.5. The monoisotopic (exact) mass is 531 g/mol. The molecule has 36 heavy (non-hydrogen) atoms. The fraction of sp³-hybridized carbons (Fsp3) is 0.480. The number of rotatable bonds is 8. The second-order valence-corrected chi connectivity index (χ2v) is 9.81. The van der Waals surface area contributed by atoms with E-state index in [4.69, 9.17) is 47.4 Å². The summed E-state index contributed by atoms with van der Waals surface area (Å²) in [5.74, 6) is 1.94. The van der Waals surface area contributed by atoms with Gasteiger partial charge >= 0.3 is 0 Å². The minimum absolute atomic E-state index is 0.0695. The lowest BCUT2D eigenvalue weighted by atomic mass is 10.1. The summed E-state index contributed by atoms with van der Waals surface area (Å²) in [6.45, 7) is 3.12. The number of pyridine rings is 1. The number of ether oxygens (including phenoxy) is 3. The van der Waals surface area contributed by atoms with Gasteiger partial charge in [-0.2, -0.15) is 0 Å². The highest BCUT2D eigenvalue weighted by atomic mass is 35.5. The first kappa shape index (κ1) is 25.1. The van der Waals surface area contributed by atoms with Crippen LogP contribution in [0.2, 0.25) is 10.0 Å². The van der Waals surface area contributed by atoms with Crippen LogP contribution >= 0.6 is 23.2 Å². The molecule has 1 N–H and O–H groups in total. The molecule has 0 amide bonds. The van der Waals surface area contributed by atoms with E-state index in [1.165, 1.54) is 6.42 Å². The Morgan fingerprint density at radius 3 is 2.56 bits per heavy atom. The van der Waals surface area contributed by atoms with E-state index < -0.39 is 0 Å². The molecule has 1 aromatic carbocycles. The molecular weight excluding hydrogens is 503 g/mol. The van der Waals surface area contributed by atoms with Crippen molar-refractivity contribution in [3.63, 3.8) is 0 Å². The summed E-state index contributed by atoms with van der Waals surface area (Å²) < 4.78 is 16.4. The van der Waals surface area contributed by atoms with Crippen LogP contribution < -0.4 is 14.8 Å². The zero-order valence-electron chi connectivity index (χ0n) is 20.6. The number of fused-ring (bicyclic) bond motifs is 1. The first-order valence-corrected chi connectivity index (χ1v) is 12.7. The Bertz CT molecular complexity index is 1230. The third-order valence-electron chi connectivity index (χ3n) is 6.76. The van der Waals surface area contributed by atoms with Crippen LogP contribution in [0.4, 0.5) is 11.8 Å². The van der Waals surface area contributed by atoms with Gasteiger partial charge in [-0.3, -0.25) is 0 Å². The number of anilines is 1. The molecule has 192 valence electrons. The van der Waals surface area contributed by atoms with E-state index in [1.807, 2.05) is 6.07 Å². The van der Waals surface area contributed by atoms with E-state index in [9.17, 15) is 0 Å². The highest BCUT2D eigenvalue weighted by Gasteiger charge is 2.23. The van der Waals surface area contributed by atoms with E-state index in [1.54, 1.807) is 26.5 Å². The molecular formula is C25H29Cl2N6O3-. The molecule has 0 saturated carbocycles. The molecule has 11 heteroatoms. The number of likely N-dealkylation sites (tertiary alicyclic amines) is 1. The maximum Gasteiger partial charge on any atom is 0.141 e. The van der Waals surface area contributed by atoms with Crippen molar-refractivity contribution in [2.24, 2.45) is 0 Å². The second-order valence-electron chi connectivity index (χ2n) is 9.05. The van der Waals surface area contributed by atoms with Crippen LogP contribution in [-0.2, 0) is 4.74 Å². The van der Waals surface area contributed by atoms with Crippen molar-refractivity contribution in [1.29, 1.82) is 0 Å². The van der Waals surface area contributed by atoms with Gasteiger partial charge in [0.2, 0.25) is 0 Å². The molecule has 2 aromatic heterocycles. The van der Waals surface area contributed by atoms with Crippen molar-refractivity contribution >= 4 is 45.9 Å². The summed E-state index contributed by atoms with van der Waals surface area (Å²) in [5.41, 5.74) is 1.78. The van der Waals surface area contributed by atoms with E-state index in [-0.39, 0.29) is 6.04 Å². The predicted molar refractivity (Wildman–Crippen MR) is 142 cm³/mol. The number of nitrogens with one attached hydrogen (secondary N) is 1. The van der Waals surface area contributed by atoms with Crippen LogP contribution in [0, 0.1) is 0 Å². The molecule has 0 spiro atoms. The fourth-order valence-corrected chi connectivity index (χ4v) is 5.39. The number of aromatic nitrogens is 3. The lowest BCUT2D eigenvalue weighted by molar-refractivity contribution is 0.196. The minimum atomic E-state index is 0.0695. The quantitative estimate of drug-likeness (QED) is 0.417. The van der Waals surface area contributed by atoms with Gasteiger partial charge in [0.15, 0.2) is 0 Å². The van der Waals surface area contributed by atoms with Crippen LogP contribution in [0.3, 0.4) is 0 Å². The summed E-state index contributed by atoms with van der Waals surface area (Å²) in [5, 5.41) is 9.69. The molecule has 2 aliphatic heterocycles. The Morgan fingerprint density at radius 1 is 1.14 bits per heavy atom. The smallest absolute Gasteiger partial charge is 0.141 e. The SMILES string of the molecule is COc1cc(OC)c(Cl)c(-c2cc3cnc([N-]C4CCOC4)nc3c(NCC3CCCN3C)n2)c1Cl. The molecule has 2 aliphatic rings. The number of benzene rings is 1. The summed E-state index contributed by atoms with van der Waals surface area (Å²) >= 11 is 13.4. The summed E-state index contributed by atoms with van der Waals surface area (Å²) in [7, 11) is 5.24. The Labute approximate surface area is 220 Å². The van der Waals surface area contributed by atoms with Crippen LogP contribution in [0.25, 0.3) is 27.5 Å². The van der Waals surface area contributed by atoms with Crippen molar-refractivity contribution in [3.05, 3.63) is 33.7 Å². The molecule has 0 bridgehead atoms. The average Bonchev–Trinajstić information content (AvgIpc) is 3.54. The fourth-order valence-electron chi connectivity index (χ4n) is 4.69. The average molecular weight is 532 g/mol. The van der Waals surface area contributed by atoms with Crippen LogP contribution in [-0.4, -0.2) is 79.5 Å². The third kappa shape index (κ3) is 4.98. The van der Waals surface area contributed by atoms with Gasteiger partial charge in [-0.1, -0.05) is 23.2 Å². The van der Waals surface area contributed by atoms with Gasteiger partial charge in [-0.15, -0.1) is 0 Å². The molecule has 4 heterocycles. The van der Waals surface area contributed by atoms with Crippen molar-refractivity contribution in [3.8, 4) is 22.8 Å². The number of likely N-dealkylation sites (N-methyl/N-ethyl adjacent to an activating group) is 1. The van der Waals surface area contributed by atoms with Crippen molar-refractivity contribution in [1.82, 2.24) is 19.9 Å². The molecule has 0 radical (unpaired) electrons. The maximum atomic E-state index is 6.71. The minimum Gasteiger partial charge on any atom is -0.495 e. The van der Waals surface area contributed by atoms with Crippen LogP contribution in [0.1, 0.15) is 19.3 Å². The van der Waals surface area contributed by atoms with Crippen LogP contribution in [0.5, 0.6) is 11.5 Å². The van der Waals surface area contributed by atoms with Crippen LogP contribution in [0.15, 0.2) is 18.3 Å². The van der Waals surface area contributed by atoms with Crippen molar-refractivity contribution in [2.75, 3.05) is 52.9 Å². The Kier molecular flexibility index (Phi) is 7.52. The number of hydrogen-bond acceptors (Lipinski definition) is 8. The second kappa shape index (κ2) is 10.8. The lowest BCUT2D eigenvalue weighted by Crippen LogP contribution is -2.31. The Balaban J connectivity index is 1.59. The third-order valence-corrected chi connectivity index (χ3v) is 7.51. The number of nitrogens with zero attached hydrogens (tertiary/aromatic N) is 5. The van der Waals surface area contributed by atoms with Gasteiger partial charge in [-0.25, -0.2) is 4.98 Å². The van der Waals surface area contributed by atoms with Crippen molar-refractivity contribution < 1.29 is 14.2 Å². The van der Waals surface area contributed by atoms with Gasteiger partial charge in [-0.05, 0) is 50.5 Å². The molecule has 5 rings (SSSR count). The van der Waals surface area contributed by atoms with Gasteiger partial charge in [0.25, 0.3) is 0 Å². The number of halogens is 2. The molecule has 2 atom stereocenters. The van der Waals surface area contributed by atoms with Gasteiger partial charge in [0, 0.05) is 48.3 Å². The molecule has 3 aromatic rings. The highest BCUT2D eigenvalue weighted by molar-refractivity contribution is 6.41. The van der Waals surface area contributed by atoms with Gasteiger partial charge in [0.05, 0.1) is 36.6 Å².